The fourth-order valence-corrected chi connectivity index (χ4v) is 2.43. The molecule has 0 aromatic carbocycles. The van der Waals surface area contributed by atoms with Crippen molar-refractivity contribution in [2.24, 2.45) is 0 Å². The summed E-state index contributed by atoms with van der Waals surface area (Å²) in [4.78, 5) is 29.8. The molecule has 1 N–H and O–H groups in total. The van der Waals surface area contributed by atoms with Crippen LogP contribution in [0.5, 0.6) is 0 Å². The Hall–Kier alpha value is -2.31. The molecule has 1 saturated heterocycles. The lowest BCUT2D eigenvalue weighted by Gasteiger charge is -2.33. The number of fused-ring (bicyclic) bond motifs is 1. The number of aliphatic carboxylic acids is 1. The third-order valence-corrected chi connectivity index (χ3v) is 3.31. The van der Waals surface area contributed by atoms with Crippen molar-refractivity contribution in [1.82, 2.24) is 19.9 Å². The topological polar surface area (TPSA) is 92.1 Å². The molecule has 3 heterocycles. The number of hydrogen-bond donors (Lipinski definition) is 1. The highest BCUT2D eigenvalue weighted by Crippen LogP contribution is 2.26. The van der Waals surface area contributed by atoms with E-state index < -0.39 is 12.0 Å². The van der Waals surface area contributed by atoms with E-state index in [4.69, 9.17) is 0 Å². The Balaban J connectivity index is 2.09. The number of hydrogen-bond acceptors (Lipinski definition) is 6. The van der Waals surface area contributed by atoms with Crippen molar-refractivity contribution in [1.29, 1.82) is 0 Å². The zero-order chi connectivity index (χ0) is 13.2. The number of carboxylic acids is 1. The highest BCUT2D eigenvalue weighted by atomic mass is 16.4. The Bertz CT molecular complexity index is 613. The van der Waals surface area contributed by atoms with Crippen LogP contribution in [0.2, 0.25) is 0 Å². The van der Waals surface area contributed by atoms with Crippen LogP contribution in [0.25, 0.3) is 11.2 Å². The molecule has 3 rings (SSSR count). The van der Waals surface area contributed by atoms with Crippen molar-refractivity contribution in [3.63, 3.8) is 0 Å². The lowest BCUT2D eigenvalue weighted by atomic mass is 10.0. The molecular formula is C12H13N5O2. The van der Waals surface area contributed by atoms with Crippen LogP contribution in [0.15, 0.2) is 18.7 Å². The van der Waals surface area contributed by atoms with Crippen LogP contribution in [0, 0.1) is 0 Å². The van der Waals surface area contributed by atoms with E-state index in [2.05, 4.69) is 19.9 Å². The summed E-state index contributed by atoms with van der Waals surface area (Å²) in [7, 11) is 0. The molecule has 1 fully saturated rings. The van der Waals surface area contributed by atoms with Gasteiger partial charge in [-0.05, 0) is 19.3 Å². The zero-order valence-electron chi connectivity index (χ0n) is 10.2. The van der Waals surface area contributed by atoms with Gasteiger partial charge in [0, 0.05) is 18.9 Å². The molecule has 0 amide bonds. The van der Waals surface area contributed by atoms with E-state index in [9.17, 15) is 9.90 Å². The van der Waals surface area contributed by atoms with Crippen molar-refractivity contribution < 1.29 is 9.90 Å². The summed E-state index contributed by atoms with van der Waals surface area (Å²) in [6.45, 7) is 0.666. The molecule has 2 aromatic rings. The van der Waals surface area contributed by atoms with Gasteiger partial charge >= 0.3 is 5.97 Å². The third-order valence-electron chi connectivity index (χ3n) is 3.31. The van der Waals surface area contributed by atoms with E-state index in [0.717, 1.165) is 12.8 Å². The van der Waals surface area contributed by atoms with Crippen molar-refractivity contribution in [3.8, 4) is 0 Å². The van der Waals surface area contributed by atoms with Crippen molar-refractivity contribution in [3.05, 3.63) is 18.7 Å². The number of aromatic nitrogens is 4. The third kappa shape index (κ3) is 2.07. The molecule has 19 heavy (non-hydrogen) atoms. The first-order valence-electron chi connectivity index (χ1n) is 6.18. The Labute approximate surface area is 109 Å². The fraction of sp³-hybridized carbons (Fsp3) is 0.417. The van der Waals surface area contributed by atoms with Crippen LogP contribution in [0.4, 0.5) is 5.82 Å². The van der Waals surface area contributed by atoms with Gasteiger partial charge in [0.15, 0.2) is 17.0 Å². The predicted molar refractivity (Wildman–Crippen MR) is 67.7 cm³/mol. The number of carbonyl (C=O) groups is 1. The molecule has 98 valence electrons. The van der Waals surface area contributed by atoms with Gasteiger partial charge in [0.05, 0.1) is 0 Å². The molecule has 0 saturated carbocycles. The summed E-state index contributed by atoms with van der Waals surface area (Å²) >= 11 is 0. The normalized spacial score (nSPS) is 19.6. The molecule has 1 aliphatic heterocycles. The van der Waals surface area contributed by atoms with Crippen LogP contribution in [0.3, 0.4) is 0 Å². The summed E-state index contributed by atoms with van der Waals surface area (Å²) < 4.78 is 0. The van der Waals surface area contributed by atoms with Gasteiger partial charge in [0.2, 0.25) is 0 Å². The van der Waals surface area contributed by atoms with Crippen LogP contribution in [0.1, 0.15) is 19.3 Å². The number of carboxylic acid groups (broad SMARTS) is 1. The Morgan fingerprint density at radius 3 is 2.89 bits per heavy atom. The number of anilines is 1. The van der Waals surface area contributed by atoms with Gasteiger partial charge in [0.1, 0.15) is 12.4 Å². The van der Waals surface area contributed by atoms with E-state index in [1.54, 1.807) is 17.3 Å². The quantitative estimate of drug-likeness (QED) is 0.855. The molecule has 1 aliphatic rings. The molecule has 0 radical (unpaired) electrons. The van der Waals surface area contributed by atoms with E-state index in [0.29, 0.717) is 29.9 Å². The monoisotopic (exact) mass is 259 g/mol. The highest BCUT2D eigenvalue weighted by Gasteiger charge is 2.30. The summed E-state index contributed by atoms with van der Waals surface area (Å²) in [6.07, 6.45) is 7.03. The second kappa shape index (κ2) is 4.75. The maximum absolute atomic E-state index is 11.4. The van der Waals surface area contributed by atoms with Crippen LogP contribution in [-0.2, 0) is 4.79 Å². The second-order valence-corrected chi connectivity index (χ2v) is 4.47. The minimum atomic E-state index is -0.824. The Kier molecular flexibility index (Phi) is 2.94. The summed E-state index contributed by atoms with van der Waals surface area (Å²) in [6, 6.07) is -0.547. The highest BCUT2D eigenvalue weighted by molar-refractivity contribution is 5.86. The maximum atomic E-state index is 11.4. The van der Waals surface area contributed by atoms with E-state index >= 15 is 0 Å². The summed E-state index contributed by atoms with van der Waals surface area (Å²) in [5, 5.41) is 9.32. The molecular weight excluding hydrogens is 246 g/mol. The first kappa shape index (κ1) is 11.8. The van der Waals surface area contributed by atoms with Gasteiger partial charge in [-0.2, -0.15) is 0 Å². The lowest BCUT2D eigenvalue weighted by molar-refractivity contribution is -0.139. The number of rotatable bonds is 2. The van der Waals surface area contributed by atoms with E-state index in [-0.39, 0.29) is 0 Å². The van der Waals surface area contributed by atoms with Gasteiger partial charge in [-0.15, -0.1) is 0 Å². The average molecular weight is 259 g/mol. The molecule has 0 bridgehead atoms. The van der Waals surface area contributed by atoms with E-state index in [1.807, 2.05) is 0 Å². The lowest BCUT2D eigenvalue weighted by Crippen LogP contribution is -2.45. The van der Waals surface area contributed by atoms with Gasteiger partial charge in [-0.3, -0.25) is 0 Å². The number of piperidine rings is 1. The predicted octanol–water partition coefficient (Wildman–Crippen LogP) is 0.863. The maximum Gasteiger partial charge on any atom is 0.326 e. The molecule has 7 heteroatoms. The van der Waals surface area contributed by atoms with E-state index in [1.165, 1.54) is 6.33 Å². The first-order chi connectivity index (χ1) is 9.27. The average Bonchev–Trinajstić information content (AvgIpc) is 2.46. The molecule has 1 atom stereocenters. The summed E-state index contributed by atoms with van der Waals surface area (Å²) in [5.41, 5.74) is 1.04. The van der Waals surface area contributed by atoms with Crippen LogP contribution >= 0.6 is 0 Å². The van der Waals surface area contributed by atoms with Gasteiger partial charge in [-0.1, -0.05) is 0 Å². The smallest absolute Gasteiger partial charge is 0.326 e. The summed E-state index contributed by atoms with van der Waals surface area (Å²) in [5.74, 6) is -0.263. The molecule has 1 unspecified atom stereocenters. The minimum absolute atomic E-state index is 0.488. The Morgan fingerprint density at radius 2 is 2.05 bits per heavy atom. The molecule has 0 aliphatic carbocycles. The molecule has 2 aromatic heterocycles. The van der Waals surface area contributed by atoms with Crippen molar-refractivity contribution >= 4 is 23.0 Å². The van der Waals surface area contributed by atoms with Crippen molar-refractivity contribution in [2.75, 3.05) is 11.4 Å². The molecule has 0 spiro atoms. The molecule has 7 nitrogen and oxygen atoms in total. The van der Waals surface area contributed by atoms with Gasteiger partial charge in [-0.25, -0.2) is 24.7 Å². The van der Waals surface area contributed by atoms with Crippen LogP contribution < -0.4 is 4.90 Å². The van der Waals surface area contributed by atoms with Crippen LogP contribution in [-0.4, -0.2) is 43.6 Å². The largest absolute Gasteiger partial charge is 0.480 e. The number of nitrogens with zero attached hydrogens (tertiary/aromatic N) is 5. The second-order valence-electron chi connectivity index (χ2n) is 4.47. The standard InChI is InChI=1S/C12H13N5O2/c18-12(19)8-3-1-2-6-17(8)11-9-10(15-7-16-11)14-5-4-13-9/h4-5,7-8H,1-3,6H2,(H,18,19). The zero-order valence-corrected chi connectivity index (χ0v) is 10.2. The van der Waals surface area contributed by atoms with Crippen molar-refractivity contribution in [2.45, 2.75) is 25.3 Å². The van der Waals surface area contributed by atoms with Gasteiger partial charge in [0.25, 0.3) is 0 Å². The first-order valence-corrected chi connectivity index (χ1v) is 6.18. The minimum Gasteiger partial charge on any atom is -0.480 e. The van der Waals surface area contributed by atoms with Gasteiger partial charge < -0.3 is 10.0 Å². The Morgan fingerprint density at radius 1 is 1.21 bits per heavy atom. The fourth-order valence-electron chi connectivity index (χ4n) is 2.43. The SMILES string of the molecule is O=C(O)C1CCCCN1c1ncnc2nccnc12.